The smallest absolute Gasteiger partial charge is 0.0976 e. The van der Waals surface area contributed by atoms with Gasteiger partial charge in [0.25, 0.3) is 0 Å². The molecule has 1 unspecified atom stereocenters. The number of nitrogens with zero attached hydrogens (tertiary/aromatic N) is 1. The lowest BCUT2D eigenvalue weighted by Gasteiger charge is -2.33. The Morgan fingerprint density at radius 1 is 1.05 bits per heavy atom. The number of halogens is 2. The maximum Gasteiger partial charge on any atom is 0.0976 e. The van der Waals surface area contributed by atoms with Crippen LogP contribution in [0.3, 0.4) is 0 Å². The third-order valence-corrected chi connectivity index (χ3v) is 4.99. The molecule has 0 saturated heterocycles. The van der Waals surface area contributed by atoms with Crippen LogP contribution < -0.4 is 0 Å². The maximum atomic E-state index is 10.7. The van der Waals surface area contributed by atoms with E-state index in [0.717, 1.165) is 38.5 Å². The van der Waals surface area contributed by atoms with Gasteiger partial charge in [-0.05, 0) is 30.5 Å². The molecule has 0 bridgehead atoms. The second kappa shape index (κ2) is 6.80. The molecule has 1 saturated carbocycles. The van der Waals surface area contributed by atoms with Crippen LogP contribution in [0.15, 0.2) is 18.2 Å². The number of benzene rings is 1. The fourth-order valence-electron chi connectivity index (χ4n) is 2.98. The second-order valence-electron chi connectivity index (χ2n) is 5.61. The summed E-state index contributed by atoms with van der Waals surface area (Å²) in [7, 11) is 0. The molecule has 0 heterocycles. The minimum absolute atomic E-state index is 0.419. The van der Waals surface area contributed by atoms with Crippen LogP contribution in [0.25, 0.3) is 0 Å². The first-order valence-electron chi connectivity index (χ1n) is 7.13. The molecular weight excluding hydrogens is 293 g/mol. The Balaban J connectivity index is 2.28. The molecule has 1 aromatic rings. The van der Waals surface area contributed by atoms with Crippen LogP contribution in [-0.4, -0.2) is 5.11 Å². The highest BCUT2D eigenvalue weighted by Crippen LogP contribution is 2.44. The van der Waals surface area contributed by atoms with Crippen molar-refractivity contribution >= 4 is 23.2 Å². The zero-order chi connectivity index (χ0) is 14.6. The van der Waals surface area contributed by atoms with Gasteiger partial charge in [-0.3, -0.25) is 0 Å². The standard InChI is InChI=1S/C16H19Cl2NO/c17-13-7-6-12(10-14(13)18)15(20)16(11-19)8-4-2-1-3-5-9-16/h6-7,10,15,20H,1-5,8-9H2. The van der Waals surface area contributed by atoms with Gasteiger partial charge in [-0.15, -0.1) is 0 Å². The molecule has 4 heteroatoms. The highest BCUT2D eigenvalue weighted by molar-refractivity contribution is 6.42. The monoisotopic (exact) mass is 311 g/mol. The van der Waals surface area contributed by atoms with E-state index in [1.165, 1.54) is 6.42 Å². The molecule has 108 valence electrons. The van der Waals surface area contributed by atoms with Gasteiger partial charge < -0.3 is 5.11 Å². The van der Waals surface area contributed by atoms with Crippen molar-refractivity contribution in [3.8, 4) is 6.07 Å². The summed E-state index contributed by atoms with van der Waals surface area (Å²) in [5.74, 6) is 0. The molecule has 0 spiro atoms. The zero-order valence-electron chi connectivity index (χ0n) is 11.4. The van der Waals surface area contributed by atoms with E-state index in [0.29, 0.717) is 15.6 Å². The third-order valence-electron chi connectivity index (χ3n) is 4.25. The lowest BCUT2D eigenvalue weighted by molar-refractivity contribution is 0.0434. The molecule has 1 aliphatic carbocycles. The van der Waals surface area contributed by atoms with Gasteiger partial charge >= 0.3 is 0 Å². The normalized spacial score (nSPS) is 20.5. The molecule has 1 atom stereocenters. The molecule has 1 N–H and O–H groups in total. The molecule has 1 fully saturated rings. The van der Waals surface area contributed by atoms with Crippen LogP contribution in [0.1, 0.15) is 56.6 Å². The molecule has 1 aromatic carbocycles. The minimum Gasteiger partial charge on any atom is -0.387 e. The molecule has 2 nitrogen and oxygen atoms in total. The Kier molecular flexibility index (Phi) is 5.32. The summed E-state index contributed by atoms with van der Waals surface area (Å²) >= 11 is 11.9. The molecule has 1 aliphatic rings. The van der Waals surface area contributed by atoms with Crippen molar-refractivity contribution in [1.82, 2.24) is 0 Å². The van der Waals surface area contributed by atoms with E-state index >= 15 is 0 Å². The van der Waals surface area contributed by atoms with Gasteiger partial charge in [0.05, 0.1) is 27.6 Å². The molecule has 20 heavy (non-hydrogen) atoms. The fraction of sp³-hybridized carbons (Fsp3) is 0.562. The van der Waals surface area contributed by atoms with Gasteiger partial charge in [0.2, 0.25) is 0 Å². The molecule has 0 aliphatic heterocycles. The van der Waals surface area contributed by atoms with Crippen LogP contribution in [0, 0.1) is 16.7 Å². The molecular formula is C16H19Cl2NO. The molecule has 0 aromatic heterocycles. The second-order valence-corrected chi connectivity index (χ2v) is 6.43. The molecule has 0 radical (unpaired) electrons. The molecule has 2 rings (SSSR count). The number of hydrogen-bond donors (Lipinski definition) is 1. The van der Waals surface area contributed by atoms with E-state index in [1.54, 1.807) is 18.2 Å². The number of nitriles is 1. The van der Waals surface area contributed by atoms with Gasteiger partial charge in [0.15, 0.2) is 0 Å². The summed E-state index contributed by atoms with van der Waals surface area (Å²) in [5.41, 5.74) is -0.0149. The predicted molar refractivity (Wildman–Crippen MR) is 81.8 cm³/mol. The molecule has 0 amide bonds. The summed E-state index contributed by atoms with van der Waals surface area (Å²) in [6.45, 7) is 0. The first-order chi connectivity index (χ1) is 9.59. The number of aliphatic hydroxyl groups excluding tert-OH is 1. The predicted octanol–water partition coefficient (Wildman–Crippen LogP) is 5.28. The zero-order valence-corrected chi connectivity index (χ0v) is 12.9. The van der Waals surface area contributed by atoms with E-state index in [4.69, 9.17) is 23.2 Å². The van der Waals surface area contributed by atoms with Crippen molar-refractivity contribution in [2.75, 3.05) is 0 Å². The minimum atomic E-state index is -0.805. The van der Waals surface area contributed by atoms with E-state index < -0.39 is 11.5 Å². The largest absolute Gasteiger partial charge is 0.387 e. The van der Waals surface area contributed by atoms with Crippen molar-refractivity contribution in [3.63, 3.8) is 0 Å². The highest BCUT2D eigenvalue weighted by Gasteiger charge is 2.38. The average Bonchev–Trinajstić information content (AvgIpc) is 2.42. The van der Waals surface area contributed by atoms with Crippen molar-refractivity contribution < 1.29 is 5.11 Å². The van der Waals surface area contributed by atoms with E-state index in [-0.39, 0.29) is 0 Å². The average molecular weight is 312 g/mol. The quantitative estimate of drug-likeness (QED) is 0.807. The highest BCUT2D eigenvalue weighted by atomic mass is 35.5. The van der Waals surface area contributed by atoms with Crippen LogP contribution in [0.2, 0.25) is 10.0 Å². The summed E-state index contributed by atoms with van der Waals surface area (Å²) < 4.78 is 0. The van der Waals surface area contributed by atoms with Crippen molar-refractivity contribution in [3.05, 3.63) is 33.8 Å². The summed E-state index contributed by atoms with van der Waals surface area (Å²) in [5, 5.41) is 21.2. The number of aliphatic hydroxyl groups is 1. The van der Waals surface area contributed by atoms with Crippen molar-refractivity contribution in [1.29, 1.82) is 5.26 Å². The van der Waals surface area contributed by atoms with E-state index in [9.17, 15) is 10.4 Å². The Morgan fingerprint density at radius 2 is 1.65 bits per heavy atom. The lowest BCUT2D eigenvalue weighted by atomic mass is 9.71. The van der Waals surface area contributed by atoms with Crippen molar-refractivity contribution in [2.45, 2.75) is 51.0 Å². The third kappa shape index (κ3) is 3.28. The van der Waals surface area contributed by atoms with E-state index in [1.807, 2.05) is 0 Å². The first-order valence-corrected chi connectivity index (χ1v) is 7.89. The summed E-state index contributed by atoms with van der Waals surface area (Å²) in [6, 6.07) is 7.50. The Bertz CT molecular complexity index is 502. The van der Waals surface area contributed by atoms with Gasteiger partial charge in [-0.25, -0.2) is 0 Å². The first kappa shape index (κ1) is 15.6. The number of hydrogen-bond acceptors (Lipinski definition) is 2. The topological polar surface area (TPSA) is 44.0 Å². The Morgan fingerprint density at radius 3 is 2.20 bits per heavy atom. The number of rotatable bonds is 2. The van der Waals surface area contributed by atoms with Gasteiger partial charge in [-0.2, -0.15) is 5.26 Å². The van der Waals surface area contributed by atoms with E-state index in [2.05, 4.69) is 6.07 Å². The van der Waals surface area contributed by atoms with Crippen molar-refractivity contribution in [2.24, 2.45) is 5.41 Å². The van der Waals surface area contributed by atoms with Gasteiger partial charge in [0.1, 0.15) is 0 Å². The van der Waals surface area contributed by atoms with Crippen LogP contribution >= 0.6 is 23.2 Å². The van der Waals surface area contributed by atoms with Crippen LogP contribution in [-0.2, 0) is 0 Å². The lowest BCUT2D eigenvalue weighted by Crippen LogP contribution is -2.28. The SMILES string of the molecule is N#CC1(C(O)c2ccc(Cl)c(Cl)c2)CCCCCCC1. The Labute approximate surface area is 130 Å². The van der Waals surface area contributed by atoms with Crippen LogP contribution in [0.5, 0.6) is 0 Å². The Hall–Kier alpha value is -0.750. The van der Waals surface area contributed by atoms with Gasteiger partial charge in [-0.1, -0.05) is 61.4 Å². The van der Waals surface area contributed by atoms with Crippen LogP contribution in [0.4, 0.5) is 0 Å². The summed E-state index contributed by atoms with van der Waals surface area (Å²) in [6.07, 6.45) is 6.16. The fourth-order valence-corrected chi connectivity index (χ4v) is 3.29. The van der Waals surface area contributed by atoms with Gasteiger partial charge in [0, 0.05) is 0 Å². The summed E-state index contributed by atoms with van der Waals surface area (Å²) in [4.78, 5) is 0. The maximum absolute atomic E-state index is 10.7.